The Balaban J connectivity index is 2.16. The lowest BCUT2D eigenvalue weighted by Gasteiger charge is -2.05. The number of hydrogen-bond acceptors (Lipinski definition) is 1. The number of carbonyl (C=O) groups excluding carboxylic acids is 1. The third kappa shape index (κ3) is 2.94. The number of carbonyl (C=O) groups is 1. The Kier molecular flexibility index (Phi) is 3.92. The van der Waals surface area contributed by atoms with E-state index in [4.69, 9.17) is 0 Å². The van der Waals surface area contributed by atoms with Crippen LogP contribution in [0, 0.1) is 0 Å². The van der Waals surface area contributed by atoms with Crippen LogP contribution in [-0.2, 0) is 11.2 Å². The zero-order valence-corrected chi connectivity index (χ0v) is 10.3. The molecule has 2 aromatic rings. The van der Waals surface area contributed by atoms with Crippen LogP contribution in [0.25, 0.3) is 10.8 Å². The predicted octanol–water partition coefficient (Wildman–Crippen LogP) is 4.14. The molecule has 1 heteroatoms. The number of ketones is 1. The van der Waals surface area contributed by atoms with Gasteiger partial charge in [-0.3, -0.25) is 4.79 Å². The summed E-state index contributed by atoms with van der Waals surface area (Å²) < 4.78 is 0. The molecule has 0 heterocycles. The Morgan fingerprint density at radius 1 is 1.00 bits per heavy atom. The van der Waals surface area contributed by atoms with E-state index in [1.165, 1.54) is 16.3 Å². The van der Waals surface area contributed by atoms with E-state index in [-0.39, 0.29) is 0 Å². The van der Waals surface area contributed by atoms with Crippen LogP contribution in [0.15, 0.2) is 42.5 Å². The van der Waals surface area contributed by atoms with Gasteiger partial charge in [-0.2, -0.15) is 0 Å². The fraction of sp³-hybridized carbons (Fsp3) is 0.312. The van der Waals surface area contributed by atoms with Crippen molar-refractivity contribution in [3.05, 3.63) is 48.0 Å². The molecule has 0 aliphatic carbocycles. The first-order valence-electron chi connectivity index (χ1n) is 6.29. The van der Waals surface area contributed by atoms with E-state index < -0.39 is 0 Å². The fourth-order valence-corrected chi connectivity index (χ4v) is 2.19. The summed E-state index contributed by atoms with van der Waals surface area (Å²) in [5, 5.41) is 2.53. The second-order valence-electron chi connectivity index (χ2n) is 4.43. The Bertz CT molecular complexity index is 508. The summed E-state index contributed by atoms with van der Waals surface area (Å²) >= 11 is 0. The van der Waals surface area contributed by atoms with Gasteiger partial charge in [-0.1, -0.05) is 49.4 Å². The van der Waals surface area contributed by atoms with Crippen molar-refractivity contribution >= 4 is 16.6 Å². The standard InChI is InChI=1S/C16H18O/c1-2-6-15(17)12-11-14-9-5-8-13-7-3-4-10-16(13)14/h3-5,7-10H,2,6,11-12H2,1H3. The Morgan fingerprint density at radius 2 is 1.76 bits per heavy atom. The molecule has 0 saturated heterocycles. The van der Waals surface area contributed by atoms with Gasteiger partial charge in [-0.25, -0.2) is 0 Å². The van der Waals surface area contributed by atoms with Crippen molar-refractivity contribution in [1.29, 1.82) is 0 Å². The second kappa shape index (κ2) is 5.62. The molecular formula is C16H18O. The number of Topliss-reactive ketones (excluding diaryl/α,β-unsaturated/α-hetero) is 1. The first kappa shape index (κ1) is 11.8. The predicted molar refractivity (Wildman–Crippen MR) is 72.2 cm³/mol. The maximum Gasteiger partial charge on any atom is 0.133 e. The minimum absolute atomic E-state index is 0.375. The highest BCUT2D eigenvalue weighted by molar-refractivity contribution is 5.86. The van der Waals surface area contributed by atoms with E-state index in [0.29, 0.717) is 18.6 Å². The first-order valence-corrected chi connectivity index (χ1v) is 6.29. The number of hydrogen-bond donors (Lipinski definition) is 0. The summed E-state index contributed by atoms with van der Waals surface area (Å²) in [5.41, 5.74) is 1.28. The topological polar surface area (TPSA) is 17.1 Å². The Morgan fingerprint density at radius 3 is 2.59 bits per heavy atom. The maximum absolute atomic E-state index is 11.6. The van der Waals surface area contributed by atoms with Gasteiger partial charge in [0.15, 0.2) is 0 Å². The molecule has 0 N–H and O–H groups in total. The van der Waals surface area contributed by atoms with Gasteiger partial charge < -0.3 is 0 Å². The molecule has 1 nitrogen and oxygen atoms in total. The normalized spacial score (nSPS) is 10.6. The minimum atomic E-state index is 0.375. The average Bonchev–Trinajstić information content (AvgIpc) is 2.36. The third-order valence-electron chi connectivity index (χ3n) is 3.08. The van der Waals surface area contributed by atoms with Crippen molar-refractivity contribution < 1.29 is 4.79 Å². The van der Waals surface area contributed by atoms with Crippen molar-refractivity contribution in [3.8, 4) is 0 Å². The van der Waals surface area contributed by atoms with E-state index in [2.05, 4.69) is 43.3 Å². The second-order valence-corrected chi connectivity index (χ2v) is 4.43. The number of rotatable bonds is 5. The monoisotopic (exact) mass is 226 g/mol. The maximum atomic E-state index is 11.6. The Hall–Kier alpha value is -1.63. The van der Waals surface area contributed by atoms with Gasteiger partial charge in [0.1, 0.15) is 5.78 Å². The molecule has 0 spiro atoms. The van der Waals surface area contributed by atoms with Gasteiger partial charge in [0.05, 0.1) is 0 Å². The smallest absolute Gasteiger partial charge is 0.133 e. The Labute approximate surface area is 102 Å². The lowest BCUT2D eigenvalue weighted by molar-refractivity contribution is -0.119. The number of aryl methyl sites for hydroxylation is 1. The number of benzene rings is 2. The molecule has 0 aliphatic rings. The van der Waals surface area contributed by atoms with Crippen LogP contribution in [0.1, 0.15) is 31.7 Å². The van der Waals surface area contributed by atoms with Crippen molar-refractivity contribution in [3.63, 3.8) is 0 Å². The molecule has 0 unspecified atom stereocenters. The lowest BCUT2D eigenvalue weighted by atomic mass is 9.99. The van der Waals surface area contributed by atoms with E-state index >= 15 is 0 Å². The zero-order valence-electron chi connectivity index (χ0n) is 10.3. The highest BCUT2D eigenvalue weighted by Crippen LogP contribution is 2.19. The summed E-state index contributed by atoms with van der Waals surface area (Å²) in [6.07, 6.45) is 3.20. The average molecular weight is 226 g/mol. The van der Waals surface area contributed by atoms with Crippen LogP contribution in [0.3, 0.4) is 0 Å². The first-order chi connectivity index (χ1) is 8.31. The van der Waals surface area contributed by atoms with Gasteiger partial charge >= 0.3 is 0 Å². The van der Waals surface area contributed by atoms with E-state index in [1.54, 1.807) is 0 Å². The third-order valence-corrected chi connectivity index (χ3v) is 3.08. The SMILES string of the molecule is CCCC(=O)CCc1cccc2ccccc12. The molecule has 0 radical (unpaired) electrons. The largest absolute Gasteiger partial charge is 0.300 e. The molecule has 88 valence electrons. The summed E-state index contributed by atoms with van der Waals surface area (Å²) in [6.45, 7) is 2.05. The highest BCUT2D eigenvalue weighted by Gasteiger charge is 2.04. The minimum Gasteiger partial charge on any atom is -0.300 e. The van der Waals surface area contributed by atoms with Gasteiger partial charge in [0, 0.05) is 12.8 Å². The van der Waals surface area contributed by atoms with E-state index in [0.717, 1.165) is 12.8 Å². The van der Waals surface area contributed by atoms with Crippen molar-refractivity contribution in [2.45, 2.75) is 32.6 Å². The summed E-state index contributed by atoms with van der Waals surface area (Å²) in [7, 11) is 0. The quantitative estimate of drug-likeness (QED) is 0.748. The number of fused-ring (bicyclic) bond motifs is 1. The van der Waals surface area contributed by atoms with Gasteiger partial charge in [-0.15, -0.1) is 0 Å². The molecule has 0 saturated carbocycles. The molecule has 2 rings (SSSR count). The molecular weight excluding hydrogens is 208 g/mol. The van der Waals surface area contributed by atoms with Crippen LogP contribution >= 0.6 is 0 Å². The van der Waals surface area contributed by atoms with Crippen molar-refractivity contribution in [2.75, 3.05) is 0 Å². The van der Waals surface area contributed by atoms with Crippen LogP contribution < -0.4 is 0 Å². The zero-order chi connectivity index (χ0) is 12.1. The summed E-state index contributed by atoms with van der Waals surface area (Å²) in [6, 6.07) is 14.7. The van der Waals surface area contributed by atoms with Gasteiger partial charge in [-0.05, 0) is 29.2 Å². The van der Waals surface area contributed by atoms with Crippen molar-refractivity contribution in [1.82, 2.24) is 0 Å². The van der Waals surface area contributed by atoms with E-state index in [9.17, 15) is 4.79 Å². The molecule has 0 bridgehead atoms. The molecule has 0 amide bonds. The highest BCUT2D eigenvalue weighted by atomic mass is 16.1. The van der Waals surface area contributed by atoms with Crippen molar-refractivity contribution in [2.24, 2.45) is 0 Å². The molecule has 0 atom stereocenters. The van der Waals surface area contributed by atoms with Crippen LogP contribution in [0.4, 0.5) is 0 Å². The molecule has 0 fully saturated rings. The fourth-order valence-electron chi connectivity index (χ4n) is 2.19. The van der Waals surface area contributed by atoms with Crippen LogP contribution in [0.2, 0.25) is 0 Å². The molecule has 2 aromatic carbocycles. The summed E-state index contributed by atoms with van der Waals surface area (Å²) in [5.74, 6) is 0.375. The van der Waals surface area contributed by atoms with Crippen LogP contribution in [-0.4, -0.2) is 5.78 Å². The molecule has 0 aromatic heterocycles. The van der Waals surface area contributed by atoms with Gasteiger partial charge in [0.25, 0.3) is 0 Å². The lowest BCUT2D eigenvalue weighted by Crippen LogP contribution is -1.99. The summed E-state index contributed by atoms with van der Waals surface area (Å²) in [4.78, 5) is 11.6. The van der Waals surface area contributed by atoms with E-state index in [1.807, 2.05) is 6.07 Å². The van der Waals surface area contributed by atoms with Crippen LogP contribution in [0.5, 0.6) is 0 Å². The van der Waals surface area contributed by atoms with Gasteiger partial charge in [0.2, 0.25) is 0 Å². The molecule has 17 heavy (non-hydrogen) atoms. The molecule has 0 aliphatic heterocycles.